The van der Waals surface area contributed by atoms with Gasteiger partial charge < -0.3 is 15.4 Å². The Balaban J connectivity index is 2.16. The van der Waals surface area contributed by atoms with E-state index in [9.17, 15) is 0 Å². The topological polar surface area (TPSA) is 41.7 Å². The fourth-order valence-electron chi connectivity index (χ4n) is 3.37. The summed E-state index contributed by atoms with van der Waals surface area (Å²) in [5.74, 6) is 0.939. The first-order valence-electron chi connectivity index (χ1n) is 7.82. The van der Waals surface area contributed by atoms with Crippen LogP contribution < -0.4 is 10.5 Å². The number of hydrogen-bond donors (Lipinski definition) is 1. The van der Waals surface area contributed by atoms with Gasteiger partial charge in [-0.25, -0.2) is 0 Å². The number of ether oxygens (including phenoxy) is 1. The molecule has 118 valence electrons. The molecule has 0 spiro atoms. The highest BCUT2D eigenvalue weighted by molar-refractivity contribution is 5.37. The van der Waals surface area contributed by atoms with E-state index < -0.39 is 0 Å². The normalized spacial score (nSPS) is 21.5. The second-order valence-corrected chi connectivity index (χ2v) is 6.20. The molecule has 1 aromatic rings. The minimum absolute atomic E-state index is 0.270. The lowest BCUT2D eigenvalue weighted by molar-refractivity contribution is 0.101. The van der Waals surface area contributed by atoms with Crippen molar-refractivity contribution in [2.24, 2.45) is 5.73 Å². The van der Waals surface area contributed by atoms with Crippen molar-refractivity contribution >= 4 is 0 Å². The molecule has 1 heterocycles. The zero-order valence-electron chi connectivity index (χ0n) is 13.8. The Hall–Kier alpha value is -1.10. The first-order chi connectivity index (χ1) is 10.1. The Morgan fingerprint density at radius 3 is 2.81 bits per heavy atom. The molecule has 4 nitrogen and oxygen atoms in total. The van der Waals surface area contributed by atoms with Gasteiger partial charge in [0.2, 0.25) is 0 Å². The maximum atomic E-state index is 6.08. The standard InChI is InChI=1S/C17H29N3O/c1-13-10-14(7-8-17(13)21-4)16(11-18)20(3)15-6-5-9-19(2)12-15/h7-8,10,15-16H,5-6,9,11-12,18H2,1-4H3. The van der Waals surface area contributed by atoms with Gasteiger partial charge in [-0.3, -0.25) is 4.90 Å². The molecule has 1 aliphatic rings. The molecule has 1 aliphatic heterocycles. The molecule has 21 heavy (non-hydrogen) atoms. The molecular weight excluding hydrogens is 262 g/mol. The van der Waals surface area contributed by atoms with Gasteiger partial charge in [-0.1, -0.05) is 12.1 Å². The highest BCUT2D eigenvalue weighted by Gasteiger charge is 2.26. The van der Waals surface area contributed by atoms with E-state index in [0.29, 0.717) is 12.6 Å². The van der Waals surface area contributed by atoms with Crippen LogP contribution >= 0.6 is 0 Å². The number of likely N-dealkylation sites (N-methyl/N-ethyl adjacent to an activating group) is 2. The van der Waals surface area contributed by atoms with E-state index >= 15 is 0 Å². The van der Waals surface area contributed by atoms with E-state index in [1.165, 1.54) is 30.5 Å². The molecule has 1 fully saturated rings. The fraction of sp³-hybridized carbons (Fsp3) is 0.647. The summed E-state index contributed by atoms with van der Waals surface area (Å²) in [5, 5.41) is 0. The van der Waals surface area contributed by atoms with Crippen LogP contribution in [0.5, 0.6) is 5.75 Å². The average molecular weight is 291 g/mol. The third kappa shape index (κ3) is 3.76. The van der Waals surface area contributed by atoms with Crippen molar-refractivity contribution in [2.75, 3.05) is 40.8 Å². The second kappa shape index (κ2) is 7.25. The highest BCUT2D eigenvalue weighted by Crippen LogP contribution is 2.28. The minimum atomic E-state index is 0.270. The first kappa shape index (κ1) is 16.3. The van der Waals surface area contributed by atoms with Gasteiger partial charge in [0.1, 0.15) is 5.75 Å². The molecule has 0 saturated carbocycles. The van der Waals surface area contributed by atoms with Gasteiger partial charge in [-0.2, -0.15) is 0 Å². The number of nitrogens with zero attached hydrogens (tertiary/aromatic N) is 2. The second-order valence-electron chi connectivity index (χ2n) is 6.20. The zero-order chi connectivity index (χ0) is 15.4. The minimum Gasteiger partial charge on any atom is -0.496 e. The number of nitrogens with two attached hydrogens (primary N) is 1. The van der Waals surface area contributed by atoms with Crippen molar-refractivity contribution in [1.82, 2.24) is 9.80 Å². The lowest BCUT2D eigenvalue weighted by Crippen LogP contribution is -2.47. The number of methoxy groups -OCH3 is 1. The van der Waals surface area contributed by atoms with E-state index in [-0.39, 0.29) is 6.04 Å². The van der Waals surface area contributed by atoms with Crippen LogP contribution in [0.3, 0.4) is 0 Å². The zero-order valence-corrected chi connectivity index (χ0v) is 13.8. The van der Waals surface area contributed by atoms with Crippen LogP contribution in [-0.4, -0.2) is 56.7 Å². The molecule has 4 heteroatoms. The van der Waals surface area contributed by atoms with Crippen molar-refractivity contribution in [1.29, 1.82) is 0 Å². The van der Waals surface area contributed by atoms with Gasteiger partial charge >= 0.3 is 0 Å². The predicted octanol–water partition coefficient (Wildman–Crippen LogP) is 2.03. The molecule has 1 aromatic carbocycles. The summed E-state index contributed by atoms with van der Waals surface area (Å²) >= 11 is 0. The fourth-order valence-corrected chi connectivity index (χ4v) is 3.37. The maximum absolute atomic E-state index is 6.08. The molecule has 1 saturated heterocycles. The van der Waals surface area contributed by atoms with Crippen LogP contribution in [0.15, 0.2) is 18.2 Å². The van der Waals surface area contributed by atoms with Gasteiger partial charge in [-0.15, -0.1) is 0 Å². The quantitative estimate of drug-likeness (QED) is 0.901. The van der Waals surface area contributed by atoms with E-state index in [4.69, 9.17) is 10.5 Å². The Morgan fingerprint density at radius 1 is 1.48 bits per heavy atom. The van der Waals surface area contributed by atoms with Crippen LogP contribution in [0, 0.1) is 6.92 Å². The number of aryl methyl sites for hydroxylation is 1. The van der Waals surface area contributed by atoms with Crippen LogP contribution in [-0.2, 0) is 0 Å². The summed E-state index contributed by atoms with van der Waals surface area (Å²) in [6.45, 7) is 5.06. The van der Waals surface area contributed by atoms with Crippen molar-refractivity contribution in [3.05, 3.63) is 29.3 Å². The van der Waals surface area contributed by atoms with E-state index in [2.05, 4.69) is 43.0 Å². The molecule has 2 atom stereocenters. The van der Waals surface area contributed by atoms with Crippen molar-refractivity contribution in [2.45, 2.75) is 31.8 Å². The van der Waals surface area contributed by atoms with E-state index in [1.807, 2.05) is 6.07 Å². The molecule has 2 N–H and O–H groups in total. The largest absolute Gasteiger partial charge is 0.496 e. The van der Waals surface area contributed by atoms with Crippen molar-refractivity contribution < 1.29 is 4.74 Å². The van der Waals surface area contributed by atoms with Crippen LogP contribution in [0.1, 0.15) is 30.0 Å². The summed E-state index contributed by atoms with van der Waals surface area (Å²) in [6.07, 6.45) is 2.52. The third-order valence-corrected chi connectivity index (χ3v) is 4.69. The van der Waals surface area contributed by atoms with Crippen molar-refractivity contribution in [3.63, 3.8) is 0 Å². The van der Waals surface area contributed by atoms with Gasteiger partial charge in [0, 0.05) is 25.2 Å². The number of hydrogen-bond acceptors (Lipinski definition) is 4. The summed E-state index contributed by atoms with van der Waals surface area (Å²) in [6, 6.07) is 7.26. The smallest absolute Gasteiger partial charge is 0.121 e. The Bertz CT molecular complexity index is 463. The van der Waals surface area contributed by atoms with Gasteiger partial charge in [0.05, 0.1) is 7.11 Å². The Kier molecular flexibility index (Phi) is 5.62. The SMILES string of the molecule is COc1ccc(C(CN)N(C)C2CCCN(C)C2)cc1C. The van der Waals surface area contributed by atoms with E-state index in [0.717, 1.165) is 12.3 Å². The lowest BCUT2D eigenvalue weighted by atomic mass is 9.98. The van der Waals surface area contributed by atoms with Gasteiger partial charge in [0.15, 0.2) is 0 Å². The Labute approximate surface area is 128 Å². The maximum Gasteiger partial charge on any atom is 0.121 e. The number of rotatable bonds is 5. The van der Waals surface area contributed by atoms with E-state index in [1.54, 1.807) is 7.11 Å². The molecule has 2 unspecified atom stereocenters. The van der Waals surface area contributed by atoms with Crippen LogP contribution in [0.4, 0.5) is 0 Å². The summed E-state index contributed by atoms with van der Waals surface area (Å²) in [4.78, 5) is 4.87. The molecular formula is C17H29N3O. The number of likely N-dealkylation sites (tertiary alicyclic amines) is 1. The van der Waals surface area contributed by atoms with Gasteiger partial charge in [0.25, 0.3) is 0 Å². The summed E-state index contributed by atoms with van der Waals surface area (Å²) < 4.78 is 5.35. The summed E-state index contributed by atoms with van der Waals surface area (Å²) in [5.41, 5.74) is 8.53. The molecule has 0 radical (unpaired) electrons. The monoisotopic (exact) mass is 291 g/mol. The molecule has 0 aliphatic carbocycles. The summed E-state index contributed by atoms with van der Waals surface area (Å²) in [7, 11) is 6.13. The lowest BCUT2D eigenvalue weighted by Gasteiger charge is -2.40. The first-order valence-corrected chi connectivity index (χ1v) is 7.82. The third-order valence-electron chi connectivity index (χ3n) is 4.69. The predicted molar refractivity (Wildman–Crippen MR) is 87.8 cm³/mol. The average Bonchev–Trinajstić information content (AvgIpc) is 2.48. The number of piperidine rings is 1. The molecule has 0 amide bonds. The highest BCUT2D eigenvalue weighted by atomic mass is 16.5. The molecule has 0 bridgehead atoms. The molecule has 2 rings (SSSR count). The molecule has 0 aromatic heterocycles. The van der Waals surface area contributed by atoms with Crippen LogP contribution in [0.2, 0.25) is 0 Å². The van der Waals surface area contributed by atoms with Crippen LogP contribution in [0.25, 0.3) is 0 Å². The Morgan fingerprint density at radius 2 is 2.24 bits per heavy atom. The van der Waals surface area contributed by atoms with Gasteiger partial charge in [-0.05, 0) is 57.6 Å². The number of benzene rings is 1. The van der Waals surface area contributed by atoms with Crippen molar-refractivity contribution in [3.8, 4) is 5.75 Å².